The van der Waals surface area contributed by atoms with Crippen LogP contribution in [-0.2, 0) is 0 Å². The van der Waals surface area contributed by atoms with Gasteiger partial charge in [0.15, 0.2) is 0 Å². The van der Waals surface area contributed by atoms with Crippen LogP contribution in [0.15, 0.2) is 25.3 Å². The molecule has 0 aromatic heterocycles. The summed E-state index contributed by atoms with van der Waals surface area (Å²) in [5.41, 5.74) is 0. The summed E-state index contributed by atoms with van der Waals surface area (Å²) in [6, 6.07) is 0.585. The van der Waals surface area contributed by atoms with Crippen LogP contribution in [0.2, 0.25) is 0 Å². The molecule has 82 valence electrons. The molecule has 0 bridgehead atoms. The SMILES string of the molecule is C=CCN(CC=C)CCCNC(C)C. The predicted molar refractivity (Wildman–Crippen MR) is 64.6 cm³/mol. The van der Waals surface area contributed by atoms with Crippen molar-refractivity contribution in [3.05, 3.63) is 25.3 Å². The van der Waals surface area contributed by atoms with Crippen LogP contribution < -0.4 is 5.32 Å². The smallest absolute Gasteiger partial charge is 0.0163 e. The third-order valence-corrected chi connectivity index (χ3v) is 1.98. The first-order chi connectivity index (χ1) is 6.70. The minimum Gasteiger partial charge on any atom is -0.314 e. The Morgan fingerprint density at radius 1 is 1.21 bits per heavy atom. The van der Waals surface area contributed by atoms with Crippen LogP contribution in [0.5, 0.6) is 0 Å². The molecule has 2 nitrogen and oxygen atoms in total. The molecule has 0 atom stereocenters. The average molecular weight is 196 g/mol. The first kappa shape index (κ1) is 13.4. The maximum Gasteiger partial charge on any atom is 0.0163 e. The van der Waals surface area contributed by atoms with E-state index >= 15 is 0 Å². The van der Waals surface area contributed by atoms with E-state index < -0.39 is 0 Å². The minimum absolute atomic E-state index is 0.585. The van der Waals surface area contributed by atoms with Crippen LogP contribution in [0.4, 0.5) is 0 Å². The fourth-order valence-electron chi connectivity index (χ4n) is 1.32. The summed E-state index contributed by atoms with van der Waals surface area (Å²) >= 11 is 0. The second kappa shape index (κ2) is 8.97. The molecule has 0 radical (unpaired) electrons. The maximum absolute atomic E-state index is 3.75. The lowest BCUT2D eigenvalue weighted by molar-refractivity contribution is 0.326. The Morgan fingerprint density at radius 3 is 2.21 bits per heavy atom. The molecule has 2 heteroatoms. The van der Waals surface area contributed by atoms with Gasteiger partial charge < -0.3 is 5.32 Å². The molecule has 0 aromatic rings. The van der Waals surface area contributed by atoms with Crippen LogP contribution in [-0.4, -0.2) is 37.1 Å². The lowest BCUT2D eigenvalue weighted by atomic mass is 10.3. The molecule has 14 heavy (non-hydrogen) atoms. The van der Waals surface area contributed by atoms with Gasteiger partial charge in [-0.05, 0) is 19.5 Å². The molecule has 0 unspecified atom stereocenters. The van der Waals surface area contributed by atoms with Gasteiger partial charge >= 0.3 is 0 Å². The van der Waals surface area contributed by atoms with E-state index in [1.54, 1.807) is 0 Å². The fourth-order valence-corrected chi connectivity index (χ4v) is 1.32. The van der Waals surface area contributed by atoms with E-state index in [0.717, 1.165) is 26.2 Å². The van der Waals surface area contributed by atoms with Crippen LogP contribution in [0.3, 0.4) is 0 Å². The van der Waals surface area contributed by atoms with Crippen molar-refractivity contribution < 1.29 is 0 Å². The summed E-state index contributed by atoms with van der Waals surface area (Å²) < 4.78 is 0. The summed E-state index contributed by atoms with van der Waals surface area (Å²) in [5, 5.41) is 3.41. The van der Waals surface area contributed by atoms with Gasteiger partial charge in [0.05, 0.1) is 0 Å². The van der Waals surface area contributed by atoms with Crippen LogP contribution in [0, 0.1) is 0 Å². The zero-order valence-electron chi connectivity index (χ0n) is 9.63. The average Bonchev–Trinajstić information content (AvgIpc) is 2.12. The Kier molecular flexibility index (Phi) is 8.59. The molecule has 0 rings (SSSR count). The number of nitrogens with zero attached hydrogens (tertiary/aromatic N) is 1. The molecule has 0 aliphatic heterocycles. The van der Waals surface area contributed by atoms with Gasteiger partial charge in [-0.1, -0.05) is 26.0 Å². The van der Waals surface area contributed by atoms with Crippen molar-refractivity contribution in [2.24, 2.45) is 0 Å². The summed E-state index contributed by atoms with van der Waals surface area (Å²) in [4.78, 5) is 2.34. The third-order valence-electron chi connectivity index (χ3n) is 1.98. The Labute approximate surface area is 88.7 Å². The molecule has 0 amide bonds. The summed E-state index contributed by atoms with van der Waals surface area (Å²) in [5.74, 6) is 0. The molecule has 0 aliphatic carbocycles. The number of rotatable bonds is 9. The topological polar surface area (TPSA) is 15.3 Å². The lowest BCUT2D eigenvalue weighted by Crippen LogP contribution is -2.30. The van der Waals surface area contributed by atoms with Gasteiger partial charge in [-0.2, -0.15) is 0 Å². The van der Waals surface area contributed by atoms with Crippen LogP contribution in [0.1, 0.15) is 20.3 Å². The molecule has 1 N–H and O–H groups in total. The number of hydrogen-bond donors (Lipinski definition) is 1. The highest BCUT2D eigenvalue weighted by Crippen LogP contribution is 1.92. The van der Waals surface area contributed by atoms with Gasteiger partial charge in [0.2, 0.25) is 0 Å². The van der Waals surface area contributed by atoms with E-state index in [-0.39, 0.29) is 0 Å². The Morgan fingerprint density at radius 2 is 1.79 bits per heavy atom. The van der Waals surface area contributed by atoms with Crippen LogP contribution in [0.25, 0.3) is 0 Å². The second-order valence-electron chi connectivity index (χ2n) is 3.80. The van der Waals surface area contributed by atoms with Gasteiger partial charge in [0.25, 0.3) is 0 Å². The fraction of sp³-hybridized carbons (Fsp3) is 0.667. The molecular formula is C12H24N2. The molecule has 0 saturated heterocycles. The van der Waals surface area contributed by atoms with Crippen molar-refractivity contribution in [1.29, 1.82) is 0 Å². The highest BCUT2D eigenvalue weighted by atomic mass is 15.1. The monoisotopic (exact) mass is 196 g/mol. The maximum atomic E-state index is 3.75. The number of hydrogen-bond acceptors (Lipinski definition) is 2. The summed E-state index contributed by atoms with van der Waals surface area (Å²) in [7, 11) is 0. The van der Waals surface area contributed by atoms with Crippen LogP contribution >= 0.6 is 0 Å². The van der Waals surface area contributed by atoms with E-state index in [4.69, 9.17) is 0 Å². The zero-order valence-corrected chi connectivity index (χ0v) is 9.63. The van der Waals surface area contributed by atoms with Crippen molar-refractivity contribution in [3.8, 4) is 0 Å². The molecule has 0 spiro atoms. The largest absolute Gasteiger partial charge is 0.314 e. The summed E-state index contributed by atoms with van der Waals surface area (Å²) in [6.07, 6.45) is 5.07. The van der Waals surface area contributed by atoms with Crippen molar-refractivity contribution in [3.63, 3.8) is 0 Å². The summed E-state index contributed by atoms with van der Waals surface area (Å²) in [6.45, 7) is 15.9. The Balaban J connectivity index is 3.49. The standard InChI is InChI=1S/C12H24N2/c1-5-9-14(10-6-2)11-7-8-13-12(3)4/h5-6,12-13H,1-2,7-11H2,3-4H3. The first-order valence-corrected chi connectivity index (χ1v) is 5.38. The Hall–Kier alpha value is -0.600. The highest BCUT2D eigenvalue weighted by molar-refractivity contribution is 4.79. The Bertz CT molecular complexity index is 142. The lowest BCUT2D eigenvalue weighted by Gasteiger charge is -2.18. The molecule has 0 heterocycles. The van der Waals surface area contributed by atoms with Gasteiger partial charge in [-0.25, -0.2) is 0 Å². The second-order valence-corrected chi connectivity index (χ2v) is 3.80. The third kappa shape index (κ3) is 8.02. The van der Waals surface area contributed by atoms with Gasteiger partial charge in [0.1, 0.15) is 0 Å². The van der Waals surface area contributed by atoms with Crippen molar-refractivity contribution in [2.45, 2.75) is 26.3 Å². The predicted octanol–water partition coefficient (Wildman–Crippen LogP) is 2.05. The van der Waals surface area contributed by atoms with Gasteiger partial charge in [0, 0.05) is 19.1 Å². The van der Waals surface area contributed by atoms with E-state index in [1.165, 1.54) is 6.42 Å². The quantitative estimate of drug-likeness (QED) is 0.448. The van der Waals surface area contributed by atoms with E-state index in [9.17, 15) is 0 Å². The highest BCUT2D eigenvalue weighted by Gasteiger charge is 1.99. The molecule has 0 aromatic carbocycles. The van der Waals surface area contributed by atoms with Gasteiger partial charge in [-0.3, -0.25) is 4.90 Å². The number of nitrogens with one attached hydrogen (secondary N) is 1. The van der Waals surface area contributed by atoms with E-state index in [0.29, 0.717) is 6.04 Å². The van der Waals surface area contributed by atoms with E-state index in [2.05, 4.69) is 37.2 Å². The van der Waals surface area contributed by atoms with Crippen molar-refractivity contribution in [2.75, 3.05) is 26.2 Å². The normalized spacial score (nSPS) is 10.9. The minimum atomic E-state index is 0.585. The van der Waals surface area contributed by atoms with Crippen molar-refractivity contribution in [1.82, 2.24) is 10.2 Å². The zero-order chi connectivity index (χ0) is 10.8. The van der Waals surface area contributed by atoms with E-state index in [1.807, 2.05) is 12.2 Å². The molecular weight excluding hydrogens is 172 g/mol. The molecule has 0 fully saturated rings. The molecule has 0 saturated carbocycles. The first-order valence-electron chi connectivity index (χ1n) is 5.38. The molecule has 0 aliphatic rings. The van der Waals surface area contributed by atoms with Crippen molar-refractivity contribution >= 4 is 0 Å². The van der Waals surface area contributed by atoms with Gasteiger partial charge in [-0.15, -0.1) is 13.2 Å².